The fourth-order valence-corrected chi connectivity index (χ4v) is 3.10. The first-order valence-corrected chi connectivity index (χ1v) is 7.09. The summed E-state index contributed by atoms with van der Waals surface area (Å²) in [5, 5.41) is 6.37. The van der Waals surface area contributed by atoms with Gasteiger partial charge in [-0.3, -0.25) is 0 Å². The van der Waals surface area contributed by atoms with Gasteiger partial charge in [-0.2, -0.15) is 0 Å². The Hall–Kier alpha value is -1.98. The second kappa shape index (κ2) is 5.19. The van der Waals surface area contributed by atoms with Gasteiger partial charge in [-0.15, -0.1) is 11.3 Å². The number of methoxy groups -OCH3 is 1. The molecule has 0 saturated carbocycles. The third-order valence-electron chi connectivity index (χ3n) is 2.90. The van der Waals surface area contributed by atoms with Gasteiger partial charge in [0, 0.05) is 0 Å². The van der Waals surface area contributed by atoms with Gasteiger partial charge >= 0.3 is 0 Å². The third kappa shape index (κ3) is 2.15. The molecule has 0 radical (unpaired) electrons. The molecule has 2 aromatic heterocycles. The van der Waals surface area contributed by atoms with Crippen LogP contribution in [0.3, 0.4) is 0 Å². The molecule has 4 nitrogen and oxygen atoms in total. The molecule has 0 aliphatic heterocycles. The zero-order chi connectivity index (χ0) is 14.1. The molecule has 0 spiro atoms. The van der Waals surface area contributed by atoms with Crippen molar-refractivity contribution in [3.63, 3.8) is 0 Å². The highest BCUT2D eigenvalue weighted by Crippen LogP contribution is 2.42. The standard InChI is InChI=1S/C14H11ClN2O2S/c1-18-9-4-2-3-8(7-9)11-12(19-17-14(11)16)13-10(15)5-6-20-13/h2-7H,1H3,(H2,16,17). The normalized spacial score (nSPS) is 10.7. The quantitative estimate of drug-likeness (QED) is 0.783. The van der Waals surface area contributed by atoms with E-state index in [2.05, 4.69) is 5.16 Å². The Balaban J connectivity index is 2.19. The van der Waals surface area contributed by atoms with Crippen molar-refractivity contribution < 1.29 is 9.26 Å². The van der Waals surface area contributed by atoms with Crippen molar-refractivity contribution in [3.8, 4) is 27.5 Å². The number of benzene rings is 1. The lowest BCUT2D eigenvalue weighted by molar-refractivity contribution is 0.415. The third-order valence-corrected chi connectivity index (χ3v) is 4.24. The average molecular weight is 307 g/mol. The van der Waals surface area contributed by atoms with Crippen molar-refractivity contribution in [1.82, 2.24) is 5.16 Å². The molecule has 0 unspecified atom stereocenters. The summed E-state index contributed by atoms with van der Waals surface area (Å²) in [5.41, 5.74) is 7.54. The van der Waals surface area contributed by atoms with E-state index in [0.717, 1.165) is 21.8 Å². The first-order chi connectivity index (χ1) is 9.70. The molecule has 0 saturated heterocycles. The molecule has 20 heavy (non-hydrogen) atoms. The number of nitrogens with zero attached hydrogens (tertiary/aromatic N) is 1. The van der Waals surface area contributed by atoms with E-state index >= 15 is 0 Å². The van der Waals surface area contributed by atoms with Crippen LogP contribution < -0.4 is 10.5 Å². The van der Waals surface area contributed by atoms with Gasteiger partial charge in [0.2, 0.25) is 0 Å². The van der Waals surface area contributed by atoms with Gasteiger partial charge < -0.3 is 15.0 Å². The van der Waals surface area contributed by atoms with Crippen LogP contribution in [0.1, 0.15) is 0 Å². The predicted molar refractivity (Wildman–Crippen MR) is 81.2 cm³/mol. The fourth-order valence-electron chi connectivity index (χ4n) is 1.97. The molecule has 2 N–H and O–H groups in total. The summed E-state index contributed by atoms with van der Waals surface area (Å²) < 4.78 is 10.6. The van der Waals surface area contributed by atoms with Gasteiger partial charge in [0.1, 0.15) is 5.75 Å². The van der Waals surface area contributed by atoms with Gasteiger partial charge in [0.15, 0.2) is 11.6 Å². The lowest BCUT2D eigenvalue weighted by Crippen LogP contribution is -1.89. The molecule has 0 fully saturated rings. The van der Waals surface area contributed by atoms with Crippen molar-refractivity contribution in [2.45, 2.75) is 0 Å². The second-order valence-corrected chi connectivity index (χ2v) is 5.42. The minimum atomic E-state index is 0.331. The van der Waals surface area contributed by atoms with Crippen LogP contribution in [0.2, 0.25) is 5.02 Å². The minimum absolute atomic E-state index is 0.331. The Labute approximate surface area is 124 Å². The molecule has 0 bridgehead atoms. The van der Waals surface area contributed by atoms with E-state index in [1.165, 1.54) is 11.3 Å². The van der Waals surface area contributed by atoms with E-state index in [-0.39, 0.29) is 0 Å². The van der Waals surface area contributed by atoms with Gasteiger partial charge in [0.25, 0.3) is 0 Å². The number of hydrogen-bond acceptors (Lipinski definition) is 5. The highest BCUT2D eigenvalue weighted by molar-refractivity contribution is 7.14. The Morgan fingerprint density at radius 3 is 2.90 bits per heavy atom. The van der Waals surface area contributed by atoms with Crippen LogP contribution in [0, 0.1) is 0 Å². The number of thiophene rings is 1. The lowest BCUT2D eigenvalue weighted by Gasteiger charge is -2.04. The molecule has 6 heteroatoms. The summed E-state index contributed by atoms with van der Waals surface area (Å²) >= 11 is 7.64. The van der Waals surface area contributed by atoms with Gasteiger partial charge in [-0.1, -0.05) is 28.9 Å². The Morgan fingerprint density at radius 2 is 2.20 bits per heavy atom. The Morgan fingerprint density at radius 1 is 1.35 bits per heavy atom. The number of ether oxygens (including phenoxy) is 1. The molecule has 0 atom stereocenters. The smallest absolute Gasteiger partial charge is 0.188 e. The van der Waals surface area contributed by atoms with Crippen molar-refractivity contribution in [2.75, 3.05) is 12.8 Å². The average Bonchev–Trinajstić information content (AvgIpc) is 3.04. The molecular formula is C14H11ClN2O2S. The van der Waals surface area contributed by atoms with Crippen LogP contribution >= 0.6 is 22.9 Å². The summed E-state index contributed by atoms with van der Waals surface area (Å²) in [6.07, 6.45) is 0. The minimum Gasteiger partial charge on any atom is -0.497 e. The summed E-state index contributed by atoms with van der Waals surface area (Å²) in [6.45, 7) is 0. The van der Waals surface area contributed by atoms with E-state index in [1.807, 2.05) is 35.7 Å². The summed E-state index contributed by atoms with van der Waals surface area (Å²) in [4.78, 5) is 0.814. The Kier molecular flexibility index (Phi) is 3.38. The number of nitrogen functional groups attached to an aromatic ring is 1. The topological polar surface area (TPSA) is 61.3 Å². The highest BCUT2D eigenvalue weighted by atomic mass is 35.5. The predicted octanol–water partition coefficient (Wildman–Crippen LogP) is 4.31. The van der Waals surface area contributed by atoms with Gasteiger partial charge in [0.05, 0.1) is 22.6 Å². The van der Waals surface area contributed by atoms with E-state index in [4.69, 9.17) is 26.6 Å². The monoisotopic (exact) mass is 306 g/mol. The molecule has 0 aliphatic carbocycles. The highest BCUT2D eigenvalue weighted by Gasteiger charge is 2.20. The van der Waals surface area contributed by atoms with Crippen molar-refractivity contribution in [1.29, 1.82) is 0 Å². The number of nitrogens with two attached hydrogens (primary N) is 1. The molecule has 0 amide bonds. The van der Waals surface area contributed by atoms with E-state index in [0.29, 0.717) is 16.6 Å². The fraction of sp³-hybridized carbons (Fsp3) is 0.0714. The van der Waals surface area contributed by atoms with E-state index in [9.17, 15) is 0 Å². The summed E-state index contributed by atoms with van der Waals surface area (Å²) in [6, 6.07) is 9.38. The zero-order valence-corrected chi connectivity index (χ0v) is 12.2. The van der Waals surface area contributed by atoms with Gasteiger partial charge in [-0.25, -0.2) is 0 Å². The maximum Gasteiger partial charge on any atom is 0.188 e. The van der Waals surface area contributed by atoms with Crippen LogP contribution in [0.25, 0.3) is 21.8 Å². The van der Waals surface area contributed by atoms with Crippen LogP contribution in [0.4, 0.5) is 5.82 Å². The number of anilines is 1. The first-order valence-electron chi connectivity index (χ1n) is 5.83. The van der Waals surface area contributed by atoms with Gasteiger partial charge in [-0.05, 0) is 29.1 Å². The maximum absolute atomic E-state index is 6.16. The molecule has 0 aliphatic rings. The molecule has 102 valence electrons. The van der Waals surface area contributed by atoms with Crippen molar-refractivity contribution in [3.05, 3.63) is 40.7 Å². The van der Waals surface area contributed by atoms with Crippen LogP contribution in [0.5, 0.6) is 5.75 Å². The number of halogens is 1. The second-order valence-electron chi connectivity index (χ2n) is 4.10. The zero-order valence-electron chi connectivity index (χ0n) is 10.6. The largest absolute Gasteiger partial charge is 0.497 e. The van der Waals surface area contributed by atoms with Crippen LogP contribution in [-0.4, -0.2) is 12.3 Å². The molecular weight excluding hydrogens is 296 g/mol. The summed E-state index contributed by atoms with van der Waals surface area (Å²) in [5.74, 6) is 1.65. The van der Waals surface area contributed by atoms with Crippen LogP contribution in [0.15, 0.2) is 40.2 Å². The van der Waals surface area contributed by atoms with E-state index in [1.54, 1.807) is 7.11 Å². The maximum atomic E-state index is 6.16. The summed E-state index contributed by atoms with van der Waals surface area (Å²) in [7, 11) is 1.62. The van der Waals surface area contributed by atoms with E-state index < -0.39 is 0 Å². The lowest BCUT2D eigenvalue weighted by atomic mass is 10.0. The molecule has 2 heterocycles. The van der Waals surface area contributed by atoms with Crippen molar-refractivity contribution >= 4 is 28.8 Å². The van der Waals surface area contributed by atoms with Crippen LogP contribution in [-0.2, 0) is 0 Å². The number of rotatable bonds is 3. The molecule has 3 rings (SSSR count). The van der Waals surface area contributed by atoms with Crippen molar-refractivity contribution in [2.24, 2.45) is 0 Å². The molecule has 1 aromatic carbocycles. The first kappa shape index (κ1) is 13.0. The SMILES string of the molecule is COc1cccc(-c2c(N)noc2-c2sccc2Cl)c1. The number of aromatic nitrogens is 1. The number of hydrogen-bond donors (Lipinski definition) is 1. The Bertz CT molecular complexity index is 751. The molecule has 3 aromatic rings.